The molecule has 15 heteroatoms. The van der Waals surface area contributed by atoms with Crippen LogP contribution >= 0.6 is 0 Å². The Labute approximate surface area is 301 Å². The number of anilines is 1. The normalized spacial score (nSPS) is 13.0. The zero-order valence-electron chi connectivity index (χ0n) is 30.3. The molecule has 0 aliphatic rings. The fourth-order valence-corrected chi connectivity index (χ4v) is 5.21. The maximum absolute atomic E-state index is 13.5. The Hall–Kier alpha value is -5.73. The first-order valence-corrected chi connectivity index (χ1v) is 16.9. The van der Waals surface area contributed by atoms with Crippen LogP contribution in [-0.2, 0) is 35.1 Å². The number of amides is 6. The zero-order chi connectivity index (χ0) is 38.6. The topological polar surface area (TPSA) is 228 Å². The number of carbonyl (C=O) groups is 6. The van der Waals surface area contributed by atoms with E-state index < -0.39 is 71.5 Å². The van der Waals surface area contributed by atoms with Crippen molar-refractivity contribution in [3.8, 4) is 0 Å². The van der Waals surface area contributed by atoms with Crippen molar-refractivity contribution in [2.24, 2.45) is 11.7 Å². The van der Waals surface area contributed by atoms with E-state index in [0.717, 1.165) is 5.56 Å². The van der Waals surface area contributed by atoms with Gasteiger partial charge in [0.2, 0.25) is 29.5 Å². The summed E-state index contributed by atoms with van der Waals surface area (Å²) in [5.41, 5.74) is 5.95. The molecule has 3 rings (SSSR count). The first kappa shape index (κ1) is 40.7. The van der Waals surface area contributed by atoms with Gasteiger partial charge in [-0.1, -0.05) is 44.2 Å². The van der Waals surface area contributed by atoms with Crippen LogP contribution in [0.25, 0.3) is 11.0 Å². The molecule has 3 atom stereocenters. The number of nitrogens with one attached hydrogen (secondary N) is 5. The summed E-state index contributed by atoms with van der Waals surface area (Å²) in [6, 6.07) is 11.6. The van der Waals surface area contributed by atoms with Gasteiger partial charge in [-0.15, -0.1) is 0 Å². The van der Waals surface area contributed by atoms with Crippen LogP contribution in [0.5, 0.6) is 0 Å². The maximum Gasteiger partial charge on any atom is 0.408 e. The van der Waals surface area contributed by atoms with Gasteiger partial charge >= 0.3 is 11.7 Å². The fraction of sp³-hybridized carbons (Fsp3) is 0.432. The van der Waals surface area contributed by atoms with E-state index in [9.17, 15) is 33.6 Å². The molecule has 0 spiro atoms. The van der Waals surface area contributed by atoms with Gasteiger partial charge in [-0.2, -0.15) is 0 Å². The second-order valence-electron chi connectivity index (χ2n) is 13.9. The van der Waals surface area contributed by atoms with E-state index in [4.69, 9.17) is 14.9 Å². The highest BCUT2D eigenvalue weighted by atomic mass is 16.6. The lowest BCUT2D eigenvalue weighted by Crippen LogP contribution is -2.55. The standard InChI is InChI=1S/C37H48N6O9/c1-21(2)16-27(41-31(45)20-39-33(47)28(18-23-10-8-7-9-11-23)43-36(50)52-37(4,5)6)35(49)42-26(14-15-30(38)44)34(48)40-24-12-13-25-22(3)17-32(46)51-29(25)19-24/h7-13,17,19,21,26-28H,14-16,18,20H2,1-6H3,(H2,38,44)(H,39,47)(H,40,48)(H,41,45)(H,42,49)(H,43,50)/t26-,27-,28-/m0/s1. The summed E-state index contributed by atoms with van der Waals surface area (Å²) in [6.07, 6.45) is -0.873. The maximum atomic E-state index is 13.5. The summed E-state index contributed by atoms with van der Waals surface area (Å²) in [5, 5.41) is 13.6. The highest BCUT2D eigenvalue weighted by molar-refractivity contribution is 6.00. The smallest absolute Gasteiger partial charge is 0.408 e. The van der Waals surface area contributed by atoms with Crippen LogP contribution in [0.2, 0.25) is 0 Å². The number of aryl methyl sites for hydroxylation is 1. The summed E-state index contributed by atoms with van der Waals surface area (Å²) < 4.78 is 10.6. The van der Waals surface area contributed by atoms with Crippen molar-refractivity contribution in [3.63, 3.8) is 0 Å². The zero-order valence-corrected chi connectivity index (χ0v) is 30.3. The molecule has 0 aliphatic carbocycles. The van der Waals surface area contributed by atoms with E-state index in [0.29, 0.717) is 10.9 Å². The number of carbonyl (C=O) groups excluding carboxylic acids is 6. The third-order valence-electron chi connectivity index (χ3n) is 7.60. The third-order valence-corrected chi connectivity index (χ3v) is 7.60. The van der Waals surface area contributed by atoms with Gasteiger partial charge in [-0.05, 0) is 69.7 Å². The molecule has 280 valence electrons. The lowest BCUT2D eigenvalue weighted by molar-refractivity contribution is -0.132. The average molecular weight is 721 g/mol. The van der Waals surface area contributed by atoms with Crippen molar-refractivity contribution in [2.45, 2.75) is 91.0 Å². The molecule has 1 aromatic heterocycles. The molecule has 0 saturated carbocycles. The number of alkyl carbamates (subject to hydrolysis) is 1. The lowest BCUT2D eigenvalue weighted by atomic mass is 10.0. The Morgan fingerprint density at radius 1 is 0.846 bits per heavy atom. The molecule has 52 heavy (non-hydrogen) atoms. The number of benzene rings is 2. The monoisotopic (exact) mass is 720 g/mol. The molecule has 0 fully saturated rings. The number of nitrogens with two attached hydrogens (primary N) is 1. The predicted octanol–water partition coefficient (Wildman–Crippen LogP) is 2.57. The molecule has 6 amide bonds. The van der Waals surface area contributed by atoms with E-state index in [1.807, 2.05) is 19.9 Å². The van der Waals surface area contributed by atoms with Gasteiger partial charge in [-0.25, -0.2) is 9.59 Å². The highest BCUT2D eigenvalue weighted by Crippen LogP contribution is 2.21. The van der Waals surface area contributed by atoms with Crippen molar-refractivity contribution in [1.82, 2.24) is 21.3 Å². The van der Waals surface area contributed by atoms with Crippen LogP contribution in [0.3, 0.4) is 0 Å². The largest absolute Gasteiger partial charge is 0.444 e. The van der Waals surface area contributed by atoms with Crippen LogP contribution in [0.1, 0.15) is 65.0 Å². The lowest BCUT2D eigenvalue weighted by Gasteiger charge is -2.25. The van der Waals surface area contributed by atoms with Crippen molar-refractivity contribution < 1.29 is 37.9 Å². The Bertz CT molecular complexity index is 1820. The number of rotatable bonds is 16. The van der Waals surface area contributed by atoms with E-state index in [-0.39, 0.29) is 42.9 Å². The van der Waals surface area contributed by atoms with Crippen molar-refractivity contribution in [3.05, 3.63) is 76.1 Å². The fourth-order valence-electron chi connectivity index (χ4n) is 5.21. The third kappa shape index (κ3) is 13.5. The van der Waals surface area contributed by atoms with E-state index in [1.165, 1.54) is 12.1 Å². The van der Waals surface area contributed by atoms with E-state index in [1.54, 1.807) is 64.1 Å². The summed E-state index contributed by atoms with van der Waals surface area (Å²) >= 11 is 0. The summed E-state index contributed by atoms with van der Waals surface area (Å²) in [7, 11) is 0. The Balaban J connectivity index is 1.70. The first-order valence-electron chi connectivity index (χ1n) is 16.9. The minimum atomic E-state index is -1.23. The number of fused-ring (bicyclic) bond motifs is 1. The first-order chi connectivity index (χ1) is 24.4. The van der Waals surface area contributed by atoms with Crippen LogP contribution in [0.15, 0.2) is 63.8 Å². The van der Waals surface area contributed by atoms with Gasteiger partial charge in [0.15, 0.2) is 0 Å². The average Bonchev–Trinajstić information content (AvgIpc) is 3.03. The van der Waals surface area contributed by atoms with Crippen molar-refractivity contribution in [2.75, 3.05) is 11.9 Å². The van der Waals surface area contributed by atoms with Crippen LogP contribution < -0.4 is 37.9 Å². The highest BCUT2D eigenvalue weighted by Gasteiger charge is 2.29. The molecule has 0 unspecified atom stereocenters. The number of hydrogen-bond acceptors (Lipinski definition) is 9. The van der Waals surface area contributed by atoms with Gasteiger partial charge in [0.1, 0.15) is 29.3 Å². The summed E-state index contributed by atoms with van der Waals surface area (Å²) in [6.45, 7) is 9.96. The van der Waals surface area contributed by atoms with E-state index >= 15 is 0 Å². The molecule has 7 N–H and O–H groups in total. The van der Waals surface area contributed by atoms with Gasteiger partial charge in [0, 0.05) is 36.0 Å². The van der Waals surface area contributed by atoms with Crippen molar-refractivity contribution >= 4 is 52.3 Å². The molecular weight excluding hydrogens is 672 g/mol. The Morgan fingerprint density at radius 2 is 1.54 bits per heavy atom. The van der Waals surface area contributed by atoms with E-state index in [2.05, 4.69) is 26.6 Å². The van der Waals surface area contributed by atoms with Gasteiger partial charge in [-0.3, -0.25) is 24.0 Å². The molecule has 0 radical (unpaired) electrons. The second kappa shape index (κ2) is 18.5. The summed E-state index contributed by atoms with van der Waals surface area (Å²) in [4.78, 5) is 89.2. The minimum absolute atomic E-state index is 0.0764. The van der Waals surface area contributed by atoms with Crippen LogP contribution in [-0.4, -0.2) is 65.9 Å². The number of primary amides is 1. The quantitative estimate of drug-likeness (QED) is 0.119. The number of hydrogen-bond donors (Lipinski definition) is 6. The minimum Gasteiger partial charge on any atom is -0.444 e. The molecule has 15 nitrogen and oxygen atoms in total. The summed E-state index contributed by atoms with van der Waals surface area (Å²) in [5.74, 6) is -3.49. The molecule has 0 saturated heterocycles. The molecular formula is C37H48N6O9. The van der Waals surface area contributed by atoms with Gasteiger partial charge in [0.05, 0.1) is 6.54 Å². The molecule has 0 bridgehead atoms. The van der Waals surface area contributed by atoms with Crippen molar-refractivity contribution in [1.29, 1.82) is 0 Å². The van der Waals surface area contributed by atoms with Crippen LogP contribution in [0, 0.1) is 12.8 Å². The van der Waals surface area contributed by atoms with Crippen LogP contribution in [0.4, 0.5) is 10.5 Å². The molecule has 3 aromatic rings. The molecule has 0 aliphatic heterocycles. The van der Waals surface area contributed by atoms with Gasteiger partial charge in [0.25, 0.3) is 0 Å². The molecule has 2 aromatic carbocycles. The Kier molecular flexibility index (Phi) is 14.5. The SMILES string of the molecule is Cc1cc(=O)oc2cc(NC(=O)[C@H](CCC(N)=O)NC(=O)[C@H](CC(C)C)NC(=O)CNC(=O)[C@H](Cc3ccccc3)NC(=O)OC(C)(C)C)ccc12. The van der Waals surface area contributed by atoms with Gasteiger partial charge < -0.3 is 41.5 Å². The molecule has 1 heterocycles. The number of ether oxygens (including phenoxy) is 1. The second-order valence-corrected chi connectivity index (χ2v) is 13.9. The Morgan fingerprint density at radius 3 is 2.17 bits per heavy atom. The predicted molar refractivity (Wildman–Crippen MR) is 194 cm³/mol.